The van der Waals surface area contributed by atoms with E-state index < -0.39 is 0 Å². The van der Waals surface area contributed by atoms with Crippen LogP contribution in [0.5, 0.6) is 0 Å². The van der Waals surface area contributed by atoms with Crippen LogP contribution in [0.4, 0.5) is 5.69 Å². The second-order valence-electron chi connectivity index (χ2n) is 7.74. The predicted molar refractivity (Wildman–Crippen MR) is 116 cm³/mol. The van der Waals surface area contributed by atoms with Crippen LogP contribution < -0.4 is 10.2 Å². The predicted octanol–water partition coefficient (Wildman–Crippen LogP) is 3.75. The van der Waals surface area contributed by atoms with E-state index in [4.69, 9.17) is 0 Å². The Labute approximate surface area is 171 Å². The highest BCUT2D eigenvalue weighted by atomic mass is 16.2. The quantitative estimate of drug-likeness (QED) is 0.674. The molecule has 1 aliphatic rings. The van der Waals surface area contributed by atoms with Gasteiger partial charge in [-0.3, -0.25) is 9.59 Å². The smallest absolute Gasteiger partial charge is 0.227 e. The fourth-order valence-corrected chi connectivity index (χ4v) is 4.29. The summed E-state index contributed by atoms with van der Waals surface area (Å²) in [4.78, 5) is 30.4. The molecule has 150 valence electrons. The van der Waals surface area contributed by atoms with E-state index in [1.807, 2.05) is 43.5 Å². The van der Waals surface area contributed by atoms with Gasteiger partial charge < -0.3 is 15.2 Å². The van der Waals surface area contributed by atoms with Crippen LogP contribution in [0.1, 0.15) is 30.0 Å². The summed E-state index contributed by atoms with van der Waals surface area (Å²) in [7, 11) is 0. The van der Waals surface area contributed by atoms with Crippen LogP contribution in [-0.4, -0.2) is 29.9 Å². The fraction of sp³-hybridized carbons (Fsp3) is 0.333. The molecule has 2 N–H and O–H groups in total. The number of para-hydroxylation sites is 2. The van der Waals surface area contributed by atoms with Gasteiger partial charge in [0.2, 0.25) is 11.8 Å². The van der Waals surface area contributed by atoms with E-state index in [1.165, 1.54) is 10.9 Å². The van der Waals surface area contributed by atoms with Crippen molar-refractivity contribution in [2.75, 3.05) is 18.0 Å². The number of hydrogen-bond acceptors (Lipinski definition) is 2. The zero-order valence-electron chi connectivity index (χ0n) is 17.0. The molecule has 0 aliphatic carbocycles. The fourth-order valence-electron chi connectivity index (χ4n) is 4.29. The normalized spacial score (nSPS) is 16.6. The molecule has 1 atom stereocenters. The molecule has 2 aromatic carbocycles. The minimum absolute atomic E-state index is 0.0331. The Bertz CT molecular complexity index is 1050. The molecule has 29 heavy (non-hydrogen) atoms. The highest BCUT2D eigenvalue weighted by molar-refractivity contribution is 6.01. The summed E-state index contributed by atoms with van der Waals surface area (Å²) >= 11 is 0. The molecule has 2 heterocycles. The number of benzene rings is 2. The topological polar surface area (TPSA) is 65.2 Å². The molecule has 0 radical (unpaired) electrons. The molecule has 4 rings (SSSR count). The zero-order valence-corrected chi connectivity index (χ0v) is 17.0. The van der Waals surface area contributed by atoms with Gasteiger partial charge in [0, 0.05) is 42.3 Å². The number of nitrogens with zero attached hydrogens (tertiary/aromatic N) is 1. The summed E-state index contributed by atoms with van der Waals surface area (Å²) in [5, 5.41) is 4.22. The van der Waals surface area contributed by atoms with Gasteiger partial charge in [-0.1, -0.05) is 43.3 Å². The van der Waals surface area contributed by atoms with Crippen molar-refractivity contribution in [1.82, 2.24) is 10.3 Å². The number of aromatic amines is 1. The molecule has 2 amide bonds. The third kappa shape index (κ3) is 3.77. The number of nitrogens with one attached hydrogen (secondary N) is 2. The Morgan fingerprint density at radius 2 is 2.00 bits per heavy atom. The number of H-pyrrole nitrogens is 1. The Kier molecular flexibility index (Phi) is 5.38. The van der Waals surface area contributed by atoms with Crippen molar-refractivity contribution in [3.05, 3.63) is 65.4 Å². The van der Waals surface area contributed by atoms with Gasteiger partial charge in [0.05, 0.1) is 5.92 Å². The molecule has 0 bridgehead atoms. The van der Waals surface area contributed by atoms with Gasteiger partial charge in [0.25, 0.3) is 0 Å². The van der Waals surface area contributed by atoms with E-state index >= 15 is 0 Å². The number of fused-ring (bicyclic) bond motifs is 1. The molecule has 1 aliphatic heterocycles. The number of aromatic nitrogens is 1. The summed E-state index contributed by atoms with van der Waals surface area (Å²) in [5.74, 6) is -0.298. The van der Waals surface area contributed by atoms with Crippen molar-refractivity contribution in [3.8, 4) is 0 Å². The van der Waals surface area contributed by atoms with E-state index in [2.05, 4.69) is 29.4 Å². The van der Waals surface area contributed by atoms with Gasteiger partial charge in [0.1, 0.15) is 0 Å². The first-order valence-corrected chi connectivity index (χ1v) is 10.3. The van der Waals surface area contributed by atoms with E-state index in [1.54, 1.807) is 4.90 Å². The number of amides is 2. The molecule has 1 unspecified atom stereocenters. The Balaban J connectivity index is 1.38. The number of carbonyl (C=O) groups excluding carboxylic acids is 2. The Morgan fingerprint density at radius 3 is 2.83 bits per heavy atom. The molecule has 1 fully saturated rings. The third-order valence-electron chi connectivity index (χ3n) is 5.84. The first kappa shape index (κ1) is 19.2. The minimum atomic E-state index is -0.296. The highest BCUT2D eigenvalue weighted by Gasteiger charge is 2.36. The first-order chi connectivity index (χ1) is 14.1. The monoisotopic (exact) mass is 389 g/mol. The van der Waals surface area contributed by atoms with Crippen LogP contribution in [0.3, 0.4) is 0 Å². The van der Waals surface area contributed by atoms with E-state index in [0.29, 0.717) is 13.1 Å². The maximum atomic E-state index is 12.7. The van der Waals surface area contributed by atoms with Crippen LogP contribution in [0.2, 0.25) is 0 Å². The summed E-state index contributed by atoms with van der Waals surface area (Å²) in [6.07, 6.45) is 3.90. The minimum Gasteiger partial charge on any atom is -0.361 e. The lowest BCUT2D eigenvalue weighted by atomic mass is 10.0. The lowest BCUT2D eigenvalue weighted by Crippen LogP contribution is -2.34. The zero-order chi connectivity index (χ0) is 20.4. The number of carbonyl (C=O) groups is 2. The standard InChI is InChI=1S/C24H27N3O2/c1-3-17-8-6-7-16(2)23(17)27-15-19(13-22(27)28)24(29)25-12-11-18-14-26-21-10-5-4-9-20(18)21/h4-10,14,19,26H,3,11-13,15H2,1-2H3,(H,25,29). The van der Waals surface area contributed by atoms with Crippen molar-refractivity contribution < 1.29 is 9.59 Å². The average Bonchev–Trinajstić information content (AvgIpc) is 3.31. The van der Waals surface area contributed by atoms with Crippen LogP contribution >= 0.6 is 0 Å². The molecule has 0 saturated carbocycles. The molecule has 0 spiro atoms. The molecular weight excluding hydrogens is 362 g/mol. The van der Waals surface area contributed by atoms with E-state index in [9.17, 15) is 9.59 Å². The van der Waals surface area contributed by atoms with Gasteiger partial charge in [0.15, 0.2) is 0 Å². The number of aryl methyl sites for hydroxylation is 2. The maximum absolute atomic E-state index is 12.7. The van der Waals surface area contributed by atoms with Crippen molar-refractivity contribution in [3.63, 3.8) is 0 Å². The van der Waals surface area contributed by atoms with E-state index in [0.717, 1.165) is 35.2 Å². The largest absolute Gasteiger partial charge is 0.361 e. The lowest BCUT2D eigenvalue weighted by Gasteiger charge is -2.22. The van der Waals surface area contributed by atoms with Crippen molar-refractivity contribution >= 4 is 28.4 Å². The van der Waals surface area contributed by atoms with Crippen LogP contribution in [0.25, 0.3) is 10.9 Å². The van der Waals surface area contributed by atoms with Gasteiger partial charge in [-0.2, -0.15) is 0 Å². The molecule has 5 nitrogen and oxygen atoms in total. The number of anilines is 1. The summed E-state index contributed by atoms with van der Waals surface area (Å²) in [5.41, 5.74) is 5.51. The lowest BCUT2D eigenvalue weighted by molar-refractivity contribution is -0.126. The molecule has 3 aromatic rings. The highest BCUT2D eigenvalue weighted by Crippen LogP contribution is 2.31. The first-order valence-electron chi connectivity index (χ1n) is 10.3. The molecular formula is C24H27N3O2. The second-order valence-corrected chi connectivity index (χ2v) is 7.74. The summed E-state index contributed by atoms with van der Waals surface area (Å²) in [6, 6.07) is 14.3. The molecule has 1 saturated heterocycles. The van der Waals surface area contributed by atoms with Gasteiger partial charge in [-0.15, -0.1) is 0 Å². The summed E-state index contributed by atoms with van der Waals surface area (Å²) < 4.78 is 0. The van der Waals surface area contributed by atoms with Gasteiger partial charge in [-0.25, -0.2) is 0 Å². The molecule has 1 aromatic heterocycles. The van der Waals surface area contributed by atoms with Crippen LogP contribution in [0, 0.1) is 12.8 Å². The van der Waals surface area contributed by atoms with Crippen molar-refractivity contribution in [2.45, 2.75) is 33.1 Å². The Morgan fingerprint density at radius 1 is 1.17 bits per heavy atom. The second kappa shape index (κ2) is 8.11. The molecule has 5 heteroatoms. The third-order valence-corrected chi connectivity index (χ3v) is 5.84. The van der Waals surface area contributed by atoms with Crippen LogP contribution in [0.15, 0.2) is 48.7 Å². The van der Waals surface area contributed by atoms with E-state index in [-0.39, 0.29) is 24.2 Å². The SMILES string of the molecule is CCc1cccc(C)c1N1CC(C(=O)NCCc2c[nH]c3ccccc23)CC1=O. The van der Waals surface area contributed by atoms with Gasteiger partial charge >= 0.3 is 0 Å². The van der Waals surface area contributed by atoms with Crippen LogP contribution in [-0.2, 0) is 22.4 Å². The number of hydrogen-bond donors (Lipinski definition) is 2. The number of rotatable bonds is 6. The van der Waals surface area contributed by atoms with Crippen molar-refractivity contribution in [1.29, 1.82) is 0 Å². The van der Waals surface area contributed by atoms with Crippen molar-refractivity contribution in [2.24, 2.45) is 5.92 Å². The summed E-state index contributed by atoms with van der Waals surface area (Å²) in [6.45, 7) is 5.13. The van der Waals surface area contributed by atoms with Gasteiger partial charge in [-0.05, 0) is 42.5 Å². The maximum Gasteiger partial charge on any atom is 0.227 e. The average molecular weight is 389 g/mol. The Hall–Kier alpha value is -3.08.